The first-order valence-electron chi connectivity index (χ1n) is 3.92. The van der Waals surface area contributed by atoms with E-state index in [4.69, 9.17) is 0 Å². The van der Waals surface area contributed by atoms with Crippen molar-refractivity contribution in [2.45, 2.75) is 13.0 Å². The summed E-state index contributed by atoms with van der Waals surface area (Å²) in [7, 11) is 0. The van der Waals surface area contributed by atoms with Crippen LogP contribution in [0.25, 0.3) is 0 Å². The van der Waals surface area contributed by atoms with E-state index in [0.717, 1.165) is 28.9 Å². The minimum Gasteiger partial charge on any atom is -0.370 e. The number of pyridine rings is 1. The van der Waals surface area contributed by atoms with Crippen molar-refractivity contribution < 1.29 is 0 Å². The van der Waals surface area contributed by atoms with Crippen LogP contribution in [0, 0.1) is 3.57 Å². The van der Waals surface area contributed by atoms with Gasteiger partial charge in [0.2, 0.25) is 0 Å². The first kappa shape index (κ1) is 8.10. The number of fused-ring (bicyclic) bond motifs is 1. The fraction of sp³-hybridized carbons (Fsp3) is 0.375. The Hall–Kier alpha value is -0.520. The molecule has 0 aliphatic carbocycles. The van der Waals surface area contributed by atoms with E-state index in [0.29, 0.717) is 0 Å². The molecule has 1 aromatic heterocycles. The van der Waals surface area contributed by atoms with Crippen LogP contribution in [0.1, 0.15) is 6.42 Å². The lowest BCUT2D eigenvalue weighted by molar-refractivity contribution is 0.607. The average Bonchev–Trinajstić information content (AvgIpc) is 2.12. The minimum absolute atomic E-state index is 0.0950. The Morgan fingerprint density at radius 2 is 2.33 bits per heavy atom. The van der Waals surface area contributed by atoms with E-state index < -0.39 is 0 Å². The number of halogens is 1. The van der Waals surface area contributed by atoms with Crippen LogP contribution in [0.5, 0.6) is 0 Å². The third-order valence-electron chi connectivity index (χ3n) is 1.99. The molecule has 0 fully saturated rings. The summed E-state index contributed by atoms with van der Waals surface area (Å²) in [5.74, 6) is 0.981. The molecule has 2 rings (SSSR count). The number of nitrogens with zero attached hydrogens (tertiary/aromatic N) is 1. The molecule has 3 nitrogen and oxygen atoms in total. The van der Waals surface area contributed by atoms with Crippen molar-refractivity contribution >= 4 is 28.4 Å². The molecule has 1 aromatic rings. The molecular weight excluding hydrogens is 267 g/mol. The fourth-order valence-corrected chi connectivity index (χ4v) is 2.06. The Bertz CT molecular complexity index is 359. The van der Waals surface area contributed by atoms with Gasteiger partial charge in [-0.05, 0) is 35.1 Å². The molecule has 0 saturated heterocycles. The van der Waals surface area contributed by atoms with Gasteiger partial charge in [0, 0.05) is 19.2 Å². The van der Waals surface area contributed by atoms with Gasteiger partial charge >= 0.3 is 0 Å². The van der Waals surface area contributed by atoms with E-state index in [-0.39, 0.29) is 5.56 Å². The molecule has 0 unspecified atom stereocenters. The Kier molecular flexibility index (Phi) is 2.08. The summed E-state index contributed by atoms with van der Waals surface area (Å²) in [5.41, 5.74) is 0.0950. The van der Waals surface area contributed by atoms with Gasteiger partial charge in [0.05, 0.1) is 3.57 Å². The summed E-state index contributed by atoms with van der Waals surface area (Å²) < 4.78 is 2.91. The van der Waals surface area contributed by atoms with E-state index in [2.05, 4.69) is 27.9 Å². The Balaban J connectivity index is 2.64. The van der Waals surface area contributed by atoms with Crippen molar-refractivity contribution in [1.82, 2.24) is 4.57 Å². The zero-order chi connectivity index (χ0) is 8.55. The highest BCUT2D eigenvalue weighted by Crippen LogP contribution is 2.18. The predicted molar refractivity (Wildman–Crippen MR) is 56.5 cm³/mol. The van der Waals surface area contributed by atoms with Crippen LogP contribution in [0.15, 0.2) is 16.9 Å². The van der Waals surface area contributed by atoms with Crippen LogP contribution in [0.3, 0.4) is 0 Å². The van der Waals surface area contributed by atoms with E-state index in [1.165, 1.54) is 0 Å². The van der Waals surface area contributed by atoms with Crippen molar-refractivity contribution in [2.24, 2.45) is 0 Å². The summed E-state index contributed by atoms with van der Waals surface area (Å²) in [4.78, 5) is 11.3. The largest absolute Gasteiger partial charge is 0.370 e. The van der Waals surface area contributed by atoms with Gasteiger partial charge in [-0.2, -0.15) is 0 Å². The predicted octanol–water partition coefficient (Wildman–Crippen LogP) is 1.27. The molecule has 1 aliphatic heterocycles. The van der Waals surface area contributed by atoms with Crippen molar-refractivity contribution in [2.75, 3.05) is 11.9 Å². The SMILES string of the molecule is O=c1ccc(I)c2n1CCCN2. The lowest BCUT2D eigenvalue weighted by atomic mass is 10.3. The molecule has 0 radical (unpaired) electrons. The van der Waals surface area contributed by atoms with Gasteiger partial charge in [-0.1, -0.05) is 0 Å². The topological polar surface area (TPSA) is 34.0 Å². The number of hydrogen-bond donors (Lipinski definition) is 1. The molecule has 0 saturated carbocycles. The van der Waals surface area contributed by atoms with Crippen LogP contribution in [-0.4, -0.2) is 11.1 Å². The molecule has 1 aliphatic rings. The third kappa shape index (κ3) is 1.24. The summed E-state index contributed by atoms with van der Waals surface area (Å²) >= 11 is 2.24. The second kappa shape index (κ2) is 3.08. The van der Waals surface area contributed by atoms with Gasteiger partial charge in [0.1, 0.15) is 5.82 Å². The number of anilines is 1. The molecule has 0 aromatic carbocycles. The fourth-order valence-electron chi connectivity index (χ4n) is 1.40. The van der Waals surface area contributed by atoms with Crippen LogP contribution in [0.4, 0.5) is 5.82 Å². The lowest BCUT2D eigenvalue weighted by Gasteiger charge is -2.20. The quantitative estimate of drug-likeness (QED) is 0.724. The lowest BCUT2D eigenvalue weighted by Crippen LogP contribution is -2.29. The Labute approximate surface area is 83.9 Å². The first-order chi connectivity index (χ1) is 5.79. The smallest absolute Gasteiger partial charge is 0.252 e. The highest BCUT2D eigenvalue weighted by atomic mass is 127. The second-order valence-corrected chi connectivity index (χ2v) is 3.96. The van der Waals surface area contributed by atoms with E-state index in [1.807, 2.05) is 6.07 Å². The van der Waals surface area contributed by atoms with E-state index in [1.54, 1.807) is 10.6 Å². The minimum atomic E-state index is 0.0950. The zero-order valence-electron chi connectivity index (χ0n) is 6.51. The normalized spacial score (nSPS) is 15.1. The highest BCUT2D eigenvalue weighted by molar-refractivity contribution is 14.1. The monoisotopic (exact) mass is 276 g/mol. The maximum absolute atomic E-state index is 11.3. The molecule has 0 atom stereocenters. The second-order valence-electron chi connectivity index (χ2n) is 2.80. The Morgan fingerprint density at radius 3 is 3.08 bits per heavy atom. The van der Waals surface area contributed by atoms with Gasteiger partial charge in [-0.3, -0.25) is 9.36 Å². The van der Waals surface area contributed by atoms with Gasteiger partial charge in [-0.25, -0.2) is 0 Å². The maximum atomic E-state index is 11.3. The summed E-state index contributed by atoms with van der Waals surface area (Å²) in [6.07, 6.45) is 1.03. The standard InChI is InChI=1S/C8H9IN2O/c9-6-2-3-7(12)11-5-1-4-10-8(6)11/h2-3,10H,1,4-5H2. The Morgan fingerprint density at radius 1 is 1.50 bits per heavy atom. The van der Waals surface area contributed by atoms with Gasteiger partial charge in [0.15, 0.2) is 0 Å². The molecule has 1 N–H and O–H groups in total. The van der Waals surface area contributed by atoms with Crippen molar-refractivity contribution in [3.8, 4) is 0 Å². The highest BCUT2D eigenvalue weighted by Gasteiger charge is 2.11. The van der Waals surface area contributed by atoms with Crippen LogP contribution >= 0.6 is 22.6 Å². The van der Waals surface area contributed by atoms with Gasteiger partial charge < -0.3 is 5.32 Å². The number of hydrogen-bond acceptors (Lipinski definition) is 2. The average molecular weight is 276 g/mol. The van der Waals surface area contributed by atoms with Crippen molar-refractivity contribution in [3.05, 3.63) is 26.1 Å². The van der Waals surface area contributed by atoms with Crippen LogP contribution in [-0.2, 0) is 6.54 Å². The molecular formula is C8H9IN2O. The third-order valence-corrected chi connectivity index (χ3v) is 2.86. The number of rotatable bonds is 0. The van der Waals surface area contributed by atoms with E-state index in [9.17, 15) is 4.79 Å². The van der Waals surface area contributed by atoms with Crippen LogP contribution in [0.2, 0.25) is 0 Å². The molecule has 0 bridgehead atoms. The molecule has 0 amide bonds. The summed E-state index contributed by atoms with van der Waals surface area (Å²) in [6.45, 7) is 1.82. The molecule has 2 heterocycles. The summed E-state index contributed by atoms with van der Waals surface area (Å²) in [6, 6.07) is 3.48. The first-order valence-corrected chi connectivity index (χ1v) is 5.00. The molecule has 0 spiro atoms. The van der Waals surface area contributed by atoms with Crippen molar-refractivity contribution in [1.29, 1.82) is 0 Å². The number of nitrogens with one attached hydrogen (secondary N) is 1. The van der Waals surface area contributed by atoms with Crippen LogP contribution < -0.4 is 10.9 Å². The molecule has 4 heteroatoms. The number of aromatic nitrogens is 1. The van der Waals surface area contributed by atoms with Crippen molar-refractivity contribution in [3.63, 3.8) is 0 Å². The maximum Gasteiger partial charge on any atom is 0.252 e. The van der Waals surface area contributed by atoms with E-state index >= 15 is 0 Å². The summed E-state index contributed by atoms with van der Waals surface area (Å²) in [5, 5.41) is 3.23. The van der Waals surface area contributed by atoms with Gasteiger partial charge in [-0.15, -0.1) is 0 Å². The molecule has 12 heavy (non-hydrogen) atoms. The van der Waals surface area contributed by atoms with Gasteiger partial charge in [0.25, 0.3) is 5.56 Å². The molecule has 64 valence electrons. The zero-order valence-corrected chi connectivity index (χ0v) is 8.67.